The molecule has 3 aromatic rings. The van der Waals surface area contributed by atoms with Gasteiger partial charge in [-0.2, -0.15) is 13.1 Å². The summed E-state index contributed by atoms with van der Waals surface area (Å²) in [5, 5.41) is 2.49. The van der Waals surface area contributed by atoms with Crippen molar-refractivity contribution in [3.05, 3.63) is 76.7 Å². The van der Waals surface area contributed by atoms with Gasteiger partial charge < -0.3 is 20.9 Å². The summed E-state index contributed by atoms with van der Waals surface area (Å²) in [4.78, 5) is 35.7. The highest BCUT2D eigenvalue weighted by molar-refractivity contribution is 7.89. The molecule has 2 aromatic heterocycles. The van der Waals surface area contributed by atoms with Crippen molar-refractivity contribution in [3.63, 3.8) is 0 Å². The summed E-state index contributed by atoms with van der Waals surface area (Å²) in [7, 11) is -3.82. The van der Waals surface area contributed by atoms with Crippen LogP contribution in [0.2, 0.25) is 5.15 Å². The quantitative estimate of drug-likeness (QED) is 0.253. The molecule has 44 heavy (non-hydrogen) atoms. The van der Waals surface area contributed by atoms with Gasteiger partial charge in [-0.15, -0.1) is 0 Å². The number of rotatable bonds is 10. The van der Waals surface area contributed by atoms with E-state index in [2.05, 4.69) is 15.3 Å². The van der Waals surface area contributed by atoms with E-state index in [-0.39, 0.29) is 53.5 Å². The first-order chi connectivity index (χ1) is 21.0. The highest BCUT2D eigenvalue weighted by Gasteiger charge is 2.38. The molecule has 2 saturated heterocycles. The van der Waals surface area contributed by atoms with E-state index in [0.717, 1.165) is 24.8 Å². The molecule has 2 aliphatic rings. The molecule has 15 heteroatoms. The van der Waals surface area contributed by atoms with Crippen molar-refractivity contribution in [2.45, 2.75) is 30.1 Å². The van der Waals surface area contributed by atoms with Crippen molar-refractivity contribution in [1.29, 1.82) is 0 Å². The fourth-order valence-electron chi connectivity index (χ4n) is 5.12. The third-order valence-electron chi connectivity index (χ3n) is 7.58. The third-order valence-corrected chi connectivity index (χ3v) is 9.69. The van der Waals surface area contributed by atoms with Crippen LogP contribution in [0.15, 0.2) is 59.6 Å². The van der Waals surface area contributed by atoms with Crippen LogP contribution in [0.1, 0.15) is 40.9 Å². The van der Waals surface area contributed by atoms with Crippen LogP contribution in [-0.2, 0) is 20.7 Å². The first-order valence-electron chi connectivity index (χ1n) is 14.2. The molecule has 2 amide bonds. The molecule has 5 rings (SSSR count). The number of nitrogens with two attached hydrogens (primary N) is 1. The lowest BCUT2D eigenvalue weighted by molar-refractivity contribution is -0.117. The summed E-state index contributed by atoms with van der Waals surface area (Å²) in [6.07, 6.45) is 2.92. The van der Waals surface area contributed by atoms with Gasteiger partial charge in [0.2, 0.25) is 15.9 Å². The standard InChI is InChI=1S/C29H32ClF2N7O4S/c30-25-17-21(29(31,32)24-9-4-20(19-35-24)28(41)34-11-2-10-33)18-26(36-25)37-13-15-38(16-14-37)44(42,43)23-7-5-22(6-8-23)39-12-1-3-27(39)40/h4-9,17-19H,1-3,10-16,33H2,(H,34,41). The number of hydrogen-bond acceptors (Lipinski definition) is 8. The fourth-order valence-corrected chi connectivity index (χ4v) is 6.75. The van der Waals surface area contributed by atoms with E-state index in [9.17, 15) is 18.0 Å². The van der Waals surface area contributed by atoms with Crippen molar-refractivity contribution in [2.24, 2.45) is 5.73 Å². The molecule has 4 heterocycles. The number of nitrogens with zero attached hydrogens (tertiary/aromatic N) is 5. The van der Waals surface area contributed by atoms with Crippen LogP contribution in [0, 0.1) is 0 Å². The average molecular weight is 648 g/mol. The van der Waals surface area contributed by atoms with E-state index >= 15 is 8.78 Å². The minimum Gasteiger partial charge on any atom is -0.354 e. The first-order valence-corrected chi connectivity index (χ1v) is 16.0. The van der Waals surface area contributed by atoms with Crippen molar-refractivity contribution in [2.75, 3.05) is 55.6 Å². The number of alkyl halides is 2. The molecule has 0 atom stereocenters. The van der Waals surface area contributed by atoms with Crippen molar-refractivity contribution >= 4 is 44.9 Å². The van der Waals surface area contributed by atoms with Gasteiger partial charge in [-0.05, 0) is 67.9 Å². The van der Waals surface area contributed by atoms with E-state index in [4.69, 9.17) is 17.3 Å². The van der Waals surface area contributed by atoms with Gasteiger partial charge >= 0.3 is 5.92 Å². The first kappa shape index (κ1) is 31.7. The fraction of sp³-hybridized carbons (Fsp3) is 0.379. The Labute approximate surface area is 259 Å². The summed E-state index contributed by atoms with van der Waals surface area (Å²) in [6.45, 7) is 1.98. The number of sulfonamides is 1. The van der Waals surface area contributed by atoms with E-state index in [1.165, 1.54) is 28.6 Å². The van der Waals surface area contributed by atoms with Crippen LogP contribution in [0.5, 0.6) is 0 Å². The molecule has 2 fully saturated rings. The number of aromatic nitrogens is 2. The number of carbonyl (C=O) groups excluding carboxylic acids is 2. The van der Waals surface area contributed by atoms with E-state index in [1.807, 2.05) is 0 Å². The molecule has 234 valence electrons. The van der Waals surface area contributed by atoms with Gasteiger partial charge in [-0.3, -0.25) is 14.6 Å². The smallest absolute Gasteiger partial charge is 0.315 e. The highest BCUT2D eigenvalue weighted by atomic mass is 35.5. The predicted octanol–water partition coefficient (Wildman–Crippen LogP) is 2.99. The zero-order valence-corrected chi connectivity index (χ0v) is 25.3. The molecule has 0 unspecified atom stereocenters. The number of anilines is 2. The number of hydrogen-bond donors (Lipinski definition) is 2. The maximum Gasteiger partial charge on any atom is 0.315 e. The van der Waals surface area contributed by atoms with Crippen molar-refractivity contribution < 1.29 is 26.8 Å². The second-order valence-electron chi connectivity index (χ2n) is 10.5. The van der Waals surface area contributed by atoms with Gasteiger partial charge in [-0.25, -0.2) is 13.4 Å². The molecule has 2 aliphatic heterocycles. The lowest BCUT2D eigenvalue weighted by Gasteiger charge is -2.35. The zero-order valence-electron chi connectivity index (χ0n) is 23.8. The minimum atomic E-state index is -3.82. The molecule has 1 aromatic carbocycles. The molecule has 0 aliphatic carbocycles. The number of piperazine rings is 1. The summed E-state index contributed by atoms with van der Waals surface area (Å²) < 4.78 is 59.1. The van der Waals surface area contributed by atoms with Crippen LogP contribution in [0.25, 0.3) is 0 Å². The summed E-state index contributed by atoms with van der Waals surface area (Å²) in [6, 6.07) is 10.9. The van der Waals surface area contributed by atoms with Gasteiger partial charge in [0.25, 0.3) is 5.91 Å². The maximum absolute atomic E-state index is 15.6. The topological polar surface area (TPSA) is 142 Å². The van der Waals surface area contributed by atoms with Gasteiger partial charge in [-0.1, -0.05) is 11.6 Å². The minimum absolute atomic E-state index is 0.0141. The second kappa shape index (κ2) is 13.1. The monoisotopic (exact) mass is 647 g/mol. The predicted molar refractivity (Wildman–Crippen MR) is 161 cm³/mol. The van der Waals surface area contributed by atoms with Crippen LogP contribution < -0.4 is 20.9 Å². The number of nitrogens with one attached hydrogen (secondary N) is 1. The lowest BCUT2D eigenvalue weighted by Crippen LogP contribution is -2.49. The number of amides is 2. The second-order valence-corrected chi connectivity index (χ2v) is 12.8. The molecule has 0 radical (unpaired) electrons. The van der Waals surface area contributed by atoms with E-state index < -0.39 is 33.1 Å². The van der Waals surface area contributed by atoms with Crippen LogP contribution in [0.4, 0.5) is 20.3 Å². The van der Waals surface area contributed by atoms with Gasteiger partial charge in [0.15, 0.2) is 0 Å². The number of pyridine rings is 2. The van der Waals surface area contributed by atoms with Gasteiger partial charge in [0, 0.05) is 63.1 Å². The Bertz CT molecular complexity index is 1620. The Morgan fingerprint density at radius 3 is 2.39 bits per heavy atom. The molecule has 11 nitrogen and oxygen atoms in total. The maximum atomic E-state index is 15.6. The lowest BCUT2D eigenvalue weighted by atomic mass is 10.0. The molecule has 3 N–H and O–H groups in total. The third kappa shape index (κ3) is 6.67. The number of halogens is 3. The molecule has 0 spiro atoms. The van der Waals surface area contributed by atoms with E-state index in [0.29, 0.717) is 38.2 Å². The van der Waals surface area contributed by atoms with Gasteiger partial charge in [0.05, 0.1) is 10.5 Å². The number of carbonyl (C=O) groups is 2. The van der Waals surface area contributed by atoms with Crippen molar-refractivity contribution in [1.82, 2.24) is 19.6 Å². The van der Waals surface area contributed by atoms with Crippen LogP contribution in [-0.4, -0.2) is 80.3 Å². The highest BCUT2D eigenvalue weighted by Crippen LogP contribution is 2.37. The SMILES string of the molecule is NCCCNC(=O)c1ccc(C(F)(F)c2cc(Cl)nc(N3CCN(S(=O)(=O)c4ccc(N5CCCC5=O)cc4)CC3)c2)nc1. The Balaban J connectivity index is 1.26. The molecule has 0 bridgehead atoms. The Morgan fingerprint density at radius 2 is 1.77 bits per heavy atom. The Kier molecular flexibility index (Phi) is 9.44. The normalized spacial score (nSPS) is 16.4. The number of benzene rings is 1. The largest absolute Gasteiger partial charge is 0.354 e. The summed E-state index contributed by atoms with van der Waals surface area (Å²) >= 11 is 6.16. The molecule has 0 saturated carbocycles. The van der Waals surface area contributed by atoms with Crippen molar-refractivity contribution in [3.8, 4) is 0 Å². The average Bonchev–Trinajstić information content (AvgIpc) is 3.46. The van der Waals surface area contributed by atoms with E-state index in [1.54, 1.807) is 21.9 Å². The van der Waals surface area contributed by atoms with Gasteiger partial charge in [0.1, 0.15) is 16.7 Å². The summed E-state index contributed by atoms with van der Waals surface area (Å²) in [5.74, 6) is -3.79. The molecular formula is C29H32ClF2N7O4S. The molecular weight excluding hydrogens is 616 g/mol. The summed E-state index contributed by atoms with van der Waals surface area (Å²) in [5.41, 5.74) is 5.21. The Hall–Kier alpha value is -3.72. The zero-order chi connectivity index (χ0) is 31.5. The van der Waals surface area contributed by atoms with Crippen LogP contribution >= 0.6 is 11.6 Å². The van der Waals surface area contributed by atoms with Crippen LogP contribution in [0.3, 0.4) is 0 Å². The Morgan fingerprint density at radius 1 is 1.05 bits per heavy atom.